The molecule has 108 valence electrons. The minimum atomic E-state index is -3.61. The van der Waals surface area contributed by atoms with Crippen molar-refractivity contribution in [3.05, 3.63) is 18.2 Å². The monoisotopic (exact) mass is 287 g/mol. The molecule has 0 amide bonds. The van der Waals surface area contributed by atoms with E-state index < -0.39 is 10.0 Å². The molecule has 0 aliphatic heterocycles. The Hall–Kier alpha value is -1.27. The number of hydrogen-bond acceptors (Lipinski definition) is 4. The molecule has 0 aliphatic carbocycles. The van der Waals surface area contributed by atoms with Gasteiger partial charge >= 0.3 is 0 Å². The topological polar surface area (TPSA) is 64.6 Å². The first-order valence-electron chi connectivity index (χ1n) is 6.32. The Kier molecular flexibility index (Phi) is 5.62. The van der Waals surface area contributed by atoms with Crippen LogP contribution in [0.25, 0.3) is 0 Å². The normalized spacial score (nSPS) is 11.6. The lowest BCUT2D eigenvalue weighted by Crippen LogP contribution is -2.30. The molecule has 0 spiro atoms. The van der Waals surface area contributed by atoms with Gasteiger partial charge in [-0.1, -0.05) is 0 Å². The molecule has 0 fully saturated rings. The predicted molar refractivity (Wildman–Crippen MR) is 74.2 cm³/mol. The lowest BCUT2D eigenvalue weighted by molar-refractivity contribution is 0.322. The Morgan fingerprint density at radius 2 is 1.79 bits per heavy atom. The quantitative estimate of drug-likeness (QED) is 0.834. The average molecular weight is 287 g/mol. The molecule has 0 aromatic heterocycles. The van der Waals surface area contributed by atoms with Gasteiger partial charge in [-0.25, -0.2) is 13.1 Å². The van der Waals surface area contributed by atoms with Crippen molar-refractivity contribution in [3.8, 4) is 11.5 Å². The molecule has 0 aliphatic rings. The molecule has 0 atom stereocenters. The minimum absolute atomic E-state index is 0.106. The molecule has 1 aromatic carbocycles. The number of benzene rings is 1. The van der Waals surface area contributed by atoms with Crippen LogP contribution >= 0.6 is 0 Å². The summed E-state index contributed by atoms with van der Waals surface area (Å²) in [6.45, 7) is 8.07. The van der Waals surface area contributed by atoms with Gasteiger partial charge in [0, 0.05) is 12.1 Å². The van der Waals surface area contributed by atoms with Gasteiger partial charge in [-0.05, 0) is 39.8 Å². The molecule has 1 aromatic rings. The Labute approximate surface area is 115 Å². The van der Waals surface area contributed by atoms with Crippen LogP contribution in [0.15, 0.2) is 23.1 Å². The van der Waals surface area contributed by atoms with Gasteiger partial charge in [0.25, 0.3) is 0 Å². The highest BCUT2D eigenvalue weighted by Crippen LogP contribution is 2.28. The second-order valence-corrected chi connectivity index (χ2v) is 5.93. The van der Waals surface area contributed by atoms with Crippen molar-refractivity contribution in [1.29, 1.82) is 0 Å². The van der Waals surface area contributed by atoms with Crippen molar-refractivity contribution in [2.24, 2.45) is 0 Å². The first kappa shape index (κ1) is 15.8. The fourth-order valence-corrected chi connectivity index (χ4v) is 3.01. The number of sulfonamides is 1. The van der Waals surface area contributed by atoms with Gasteiger partial charge in [0.2, 0.25) is 10.0 Å². The van der Waals surface area contributed by atoms with Crippen LogP contribution < -0.4 is 14.2 Å². The number of rotatable bonds is 7. The standard InChI is InChI=1S/C13H21NO4S/c1-5-17-11-7-8-12(18-6-2)13(9-11)19(15,16)14-10(3)4/h7-10,14H,5-6H2,1-4H3. The third-order valence-corrected chi connectivity index (χ3v) is 3.89. The lowest BCUT2D eigenvalue weighted by Gasteiger charge is -2.15. The fraction of sp³-hybridized carbons (Fsp3) is 0.538. The summed E-state index contributed by atoms with van der Waals surface area (Å²) in [5.74, 6) is 0.842. The smallest absolute Gasteiger partial charge is 0.244 e. The lowest BCUT2D eigenvalue weighted by atomic mass is 10.3. The maximum Gasteiger partial charge on any atom is 0.244 e. The molecule has 0 heterocycles. The van der Waals surface area contributed by atoms with Crippen LogP contribution in [0.2, 0.25) is 0 Å². The fourth-order valence-electron chi connectivity index (χ4n) is 1.60. The Balaban J connectivity index is 3.23. The van der Waals surface area contributed by atoms with Crippen molar-refractivity contribution in [1.82, 2.24) is 4.72 Å². The van der Waals surface area contributed by atoms with E-state index in [2.05, 4.69) is 4.72 Å². The molecule has 5 nitrogen and oxygen atoms in total. The summed E-state index contributed by atoms with van der Waals surface area (Å²) >= 11 is 0. The molecule has 1 N–H and O–H groups in total. The molecule has 0 saturated carbocycles. The molecular weight excluding hydrogens is 266 g/mol. The molecule has 1 rings (SSSR count). The van der Waals surface area contributed by atoms with Gasteiger partial charge in [0.05, 0.1) is 13.2 Å². The maximum atomic E-state index is 12.2. The highest BCUT2D eigenvalue weighted by molar-refractivity contribution is 7.89. The van der Waals surface area contributed by atoms with Gasteiger partial charge in [-0.15, -0.1) is 0 Å². The minimum Gasteiger partial charge on any atom is -0.494 e. The zero-order valence-corrected chi connectivity index (χ0v) is 12.6. The number of hydrogen-bond donors (Lipinski definition) is 1. The van der Waals surface area contributed by atoms with Gasteiger partial charge in [-0.3, -0.25) is 0 Å². The van der Waals surface area contributed by atoms with Crippen molar-refractivity contribution >= 4 is 10.0 Å². The molecule has 19 heavy (non-hydrogen) atoms. The summed E-state index contributed by atoms with van der Waals surface area (Å²) in [6.07, 6.45) is 0. The largest absolute Gasteiger partial charge is 0.494 e. The zero-order valence-electron chi connectivity index (χ0n) is 11.8. The molecular formula is C13H21NO4S. The van der Waals surface area contributed by atoms with E-state index in [1.54, 1.807) is 26.0 Å². The van der Waals surface area contributed by atoms with Crippen LogP contribution in [0.4, 0.5) is 0 Å². The van der Waals surface area contributed by atoms with E-state index in [0.717, 1.165) is 0 Å². The highest BCUT2D eigenvalue weighted by atomic mass is 32.2. The van der Waals surface area contributed by atoms with Crippen molar-refractivity contribution in [3.63, 3.8) is 0 Å². The van der Waals surface area contributed by atoms with E-state index in [-0.39, 0.29) is 10.9 Å². The van der Waals surface area contributed by atoms with E-state index in [0.29, 0.717) is 24.7 Å². The van der Waals surface area contributed by atoms with Crippen LogP contribution in [0.1, 0.15) is 27.7 Å². The molecule has 6 heteroatoms. The van der Waals surface area contributed by atoms with Crippen molar-refractivity contribution < 1.29 is 17.9 Å². The summed E-state index contributed by atoms with van der Waals surface area (Å²) in [5, 5.41) is 0. The number of nitrogens with one attached hydrogen (secondary N) is 1. The van der Waals surface area contributed by atoms with Crippen molar-refractivity contribution in [2.75, 3.05) is 13.2 Å². The van der Waals surface area contributed by atoms with Crippen LogP contribution in [0.3, 0.4) is 0 Å². The molecule has 0 saturated heterocycles. The van der Waals surface area contributed by atoms with Gasteiger partial charge in [0.1, 0.15) is 16.4 Å². The van der Waals surface area contributed by atoms with Crippen LogP contribution in [-0.4, -0.2) is 27.7 Å². The van der Waals surface area contributed by atoms with E-state index in [4.69, 9.17) is 9.47 Å². The summed E-state index contributed by atoms with van der Waals surface area (Å²) in [4.78, 5) is 0.106. The van der Waals surface area contributed by atoms with Gasteiger partial charge in [-0.2, -0.15) is 0 Å². The third-order valence-electron chi connectivity index (χ3n) is 2.21. The zero-order chi connectivity index (χ0) is 14.5. The second kappa shape index (κ2) is 6.77. The van der Waals surface area contributed by atoms with Gasteiger partial charge in [0.15, 0.2) is 0 Å². The van der Waals surface area contributed by atoms with Gasteiger partial charge < -0.3 is 9.47 Å². The Morgan fingerprint density at radius 1 is 1.16 bits per heavy atom. The van der Waals surface area contributed by atoms with E-state index in [9.17, 15) is 8.42 Å². The summed E-state index contributed by atoms with van der Waals surface area (Å²) in [5.41, 5.74) is 0. The summed E-state index contributed by atoms with van der Waals surface area (Å²) in [6, 6.07) is 4.61. The Bertz CT molecular complexity index is 511. The van der Waals surface area contributed by atoms with Crippen molar-refractivity contribution in [2.45, 2.75) is 38.6 Å². The number of ether oxygens (including phenoxy) is 2. The highest BCUT2D eigenvalue weighted by Gasteiger charge is 2.21. The first-order chi connectivity index (χ1) is 8.90. The summed E-state index contributed by atoms with van der Waals surface area (Å²) < 4.78 is 37.7. The van der Waals surface area contributed by atoms with E-state index in [1.807, 2.05) is 13.8 Å². The molecule has 0 radical (unpaired) electrons. The van der Waals surface area contributed by atoms with Crippen LogP contribution in [-0.2, 0) is 10.0 Å². The third kappa shape index (κ3) is 4.40. The maximum absolute atomic E-state index is 12.2. The Morgan fingerprint density at radius 3 is 2.32 bits per heavy atom. The molecule has 0 unspecified atom stereocenters. The van der Waals surface area contributed by atoms with Crippen LogP contribution in [0, 0.1) is 0 Å². The summed E-state index contributed by atoms with van der Waals surface area (Å²) in [7, 11) is -3.61. The van der Waals surface area contributed by atoms with Crippen LogP contribution in [0.5, 0.6) is 11.5 Å². The SMILES string of the molecule is CCOc1ccc(OCC)c(S(=O)(=O)NC(C)C)c1. The second-order valence-electron chi connectivity index (χ2n) is 4.25. The first-order valence-corrected chi connectivity index (χ1v) is 7.81. The van der Waals surface area contributed by atoms with E-state index >= 15 is 0 Å². The average Bonchev–Trinajstić information content (AvgIpc) is 2.30. The predicted octanol–water partition coefficient (Wildman–Crippen LogP) is 2.17. The molecule has 0 bridgehead atoms. The van der Waals surface area contributed by atoms with E-state index in [1.165, 1.54) is 6.07 Å².